The second-order valence-corrected chi connectivity index (χ2v) is 4.31. The van der Waals surface area contributed by atoms with Crippen molar-refractivity contribution in [2.75, 3.05) is 0 Å². The third kappa shape index (κ3) is 3.12. The van der Waals surface area contributed by atoms with Crippen molar-refractivity contribution in [3.8, 4) is 5.75 Å². The molecule has 0 aliphatic rings. The molecule has 2 aromatic carbocycles. The predicted octanol–water partition coefficient (Wildman–Crippen LogP) is 3.55. The number of carboxylic acids is 1. The van der Waals surface area contributed by atoms with E-state index in [0.29, 0.717) is 0 Å². The van der Waals surface area contributed by atoms with E-state index in [1.54, 1.807) is 13.0 Å². The molecule has 2 rings (SSSR count). The summed E-state index contributed by atoms with van der Waals surface area (Å²) < 4.78 is 31.4. The number of carbonyl (C=O) groups is 1. The van der Waals surface area contributed by atoms with E-state index in [2.05, 4.69) is 0 Å². The fraction of sp³-hybridized carbons (Fsp3) is 0.133. The predicted molar refractivity (Wildman–Crippen MR) is 68.8 cm³/mol. The van der Waals surface area contributed by atoms with Gasteiger partial charge in [0.15, 0.2) is 11.6 Å². The highest BCUT2D eigenvalue weighted by Gasteiger charge is 2.08. The van der Waals surface area contributed by atoms with Crippen LogP contribution >= 0.6 is 0 Å². The molecule has 3 nitrogen and oxygen atoms in total. The summed E-state index contributed by atoms with van der Waals surface area (Å²) in [5.74, 6) is -2.50. The Morgan fingerprint density at radius 3 is 2.55 bits per heavy atom. The molecular weight excluding hydrogens is 266 g/mol. The van der Waals surface area contributed by atoms with Gasteiger partial charge in [-0.05, 0) is 42.3 Å². The van der Waals surface area contributed by atoms with Crippen LogP contribution in [0.3, 0.4) is 0 Å². The molecule has 0 bridgehead atoms. The van der Waals surface area contributed by atoms with Crippen molar-refractivity contribution in [2.45, 2.75) is 13.5 Å². The van der Waals surface area contributed by atoms with E-state index in [4.69, 9.17) is 9.84 Å². The first-order chi connectivity index (χ1) is 9.47. The third-order valence-electron chi connectivity index (χ3n) is 2.87. The van der Waals surface area contributed by atoms with E-state index >= 15 is 0 Å². The van der Waals surface area contributed by atoms with Gasteiger partial charge in [0.25, 0.3) is 0 Å². The van der Waals surface area contributed by atoms with E-state index in [1.165, 1.54) is 18.2 Å². The first-order valence-electron chi connectivity index (χ1n) is 5.88. The molecule has 2 aromatic rings. The monoisotopic (exact) mass is 278 g/mol. The normalized spacial score (nSPS) is 10.3. The Bertz CT molecular complexity index is 654. The van der Waals surface area contributed by atoms with Gasteiger partial charge < -0.3 is 9.84 Å². The number of aromatic carboxylic acids is 1. The first-order valence-corrected chi connectivity index (χ1v) is 5.88. The number of halogens is 2. The Morgan fingerprint density at radius 2 is 1.95 bits per heavy atom. The van der Waals surface area contributed by atoms with Crippen LogP contribution in [0.5, 0.6) is 5.75 Å². The largest absolute Gasteiger partial charge is 0.486 e. The van der Waals surface area contributed by atoms with Crippen LogP contribution in [0.4, 0.5) is 8.78 Å². The highest BCUT2D eigenvalue weighted by molar-refractivity contribution is 5.87. The van der Waals surface area contributed by atoms with Gasteiger partial charge in [0.05, 0.1) is 5.56 Å². The highest BCUT2D eigenvalue weighted by atomic mass is 19.1. The summed E-state index contributed by atoms with van der Waals surface area (Å²) in [6.07, 6.45) is 0. The highest BCUT2D eigenvalue weighted by Crippen LogP contribution is 2.20. The Morgan fingerprint density at radius 1 is 1.20 bits per heavy atom. The van der Waals surface area contributed by atoms with Gasteiger partial charge in [-0.15, -0.1) is 0 Å². The maximum Gasteiger partial charge on any atom is 0.335 e. The zero-order chi connectivity index (χ0) is 14.7. The molecule has 1 N–H and O–H groups in total. The van der Waals surface area contributed by atoms with Crippen LogP contribution < -0.4 is 4.74 Å². The number of rotatable bonds is 4. The lowest BCUT2D eigenvalue weighted by atomic mass is 10.1. The molecule has 0 saturated carbocycles. The number of carboxylic acid groups (broad SMARTS) is 1. The number of benzene rings is 2. The number of hydrogen-bond acceptors (Lipinski definition) is 2. The lowest BCUT2D eigenvalue weighted by molar-refractivity contribution is 0.0696. The summed E-state index contributed by atoms with van der Waals surface area (Å²) in [6.45, 7) is 1.82. The summed E-state index contributed by atoms with van der Waals surface area (Å²) >= 11 is 0. The van der Waals surface area contributed by atoms with E-state index in [1.807, 2.05) is 0 Å². The Labute approximate surface area is 114 Å². The molecule has 0 fully saturated rings. The molecule has 0 aliphatic carbocycles. The molecule has 20 heavy (non-hydrogen) atoms. The van der Waals surface area contributed by atoms with Crippen LogP contribution in [0, 0.1) is 18.6 Å². The molecule has 0 unspecified atom stereocenters. The molecule has 0 atom stereocenters. The van der Waals surface area contributed by atoms with Gasteiger partial charge in [0, 0.05) is 6.07 Å². The summed E-state index contributed by atoms with van der Waals surface area (Å²) in [5.41, 5.74) is 1.64. The van der Waals surface area contributed by atoms with Crippen molar-refractivity contribution in [2.24, 2.45) is 0 Å². The van der Waals surface area contributed by atoms with Gasteiger partial charge >= 0.3 is 5.97 Å². The summed E-state index contributed by atoms with van der Waals surface area (Å²) in [4.78, 5) is 10.8. The topological polar surface area (TPSA) is 46.5 Å². The number of ether oxygens (including phenoxy) is 1. The van der Waals surface area contributed by atoms with Gasteiger partial charge in [-0.25, -0.2) is 13.6 Å². The van der Waals surface area contributed by atoms with Crippen LogP contribution in [-0.2, 0) is 6.61 Å². The minimum Gasteiger partial charge on any atom is -0.486 e. The van der Waals surface area contributed by atoms with Crippen LogP contribution in [-0.4, -0.2) is 11.1 Å². The molecule has 5 heteroatoms. The molecule has 0 heterocycles. The first kappa shape index (κ1) is 14.0. The molecule has 0 radical (unpaired) electrons. The van der Waals surface area contributed by atoms with Crippen molar-refractivity contribution < 1.29 is 23.4 Å². The van der Waals surface area contributed by atoms with E-state index in [-0.39, 0.29) is 17.9 Å². The average Bonchev–Trinajstić information content (AvgIpc) is 2.38. The molecular formula is C15H12F2O3. The molecule has 0 aliphatic heterocycles. The van der Waals surface area contributed by atoms with Crippen molar-refractivity contribution >= 4 is 5.97 Å². The smallest absolute Gasteiger partial charge is 0.335 e. The maximum absolute atomic E-state index is 13.4. The van der Waals surface area contributed by atoms with E-state index < -0.39 is 17.6 Å². The van der Waals surface area contributed by atoms with Gasteiger partial charge in [-0.2, -0.15) is 0 Å². The number of hydrogen-bond donors (Lipinski definition) is 1. The minimum absolute atomic E-state index is 0.0480. The van der Waals surface area contributed by atoms with Crippen LogP contribution in [0.15, 0.2) is 36.4 Å². The van der Waals surface area contributed by atoms with E-state index in [0.717, 1.165) is 23.3 Å². The average molecular weight is 278 g/mol. The lowest BCUT2D eigenvalue weighted by Gasteiger charge is -2.10. The fourth-order valence-corrected chi connectivity index (χ4v) is 1.74. The summed E-state index contributed by atoms with van der Waals surface area (Å²) in [6, 6.07) is 7.65. The molecule has 0 saturated heterocycles. The van der Waals surface area contributed by atoms with Crippen LogP contribution in [0.2, 0.25) is 0 Å². The zero-order valence-electron chi connectivity index (χ0n) is 10.7. The van der Waals surface area contributed by atoms with Crippen molar-refractivity contribution in [3.05, 3.63) is 64.7 Å². The maximum atomic E-state index is 13.4. The Kier molecular flexibility index (Phi) is 3.98. The summed E-state index contributed by atoms with van der Waals surface area (Å²) in [5, 5.41) is 8.85. The van der Waals surface area contributed by atoms with Crippen molar-refractivity contribution in [1.82, 2.24) is 0 Å². The number of aryl methyl sites for hydroxylation is 1. The van der Waals surface area contributed by atoms with Gasteiger partial charge in [0.1, 0.15) is 12.4 Å². The summed E-state index contributed by atoms with van der Waals surface area (Å²) in [7, 11) is 0. The standard InChI is InChI=1S/C15H12F2O3/c1-9-6-10(15(18)19)2-3-11(9)8-20-14-5-4-12(16)7-13(14)17/h2-7H,8H2,1H3,(H,18,19). The van der Waals surface area contributed by atoms with Crippen LogP contribution in [0.25, 0.3) is 0 Å². The Balaban J connectivity index is 2.13. The van der Waals surface area contributed by atoms with Crippen LogP contribution in [0.1, 0.15) is 21.5 Å². The Hall–Kier alpha value is -2.43. The van der Waals surface area contributed by atoms with Crippen molar-refractivity contribution in [1.29, 1.82) is 0 Å². The second-order valence-electron chi connectivity index (χ2n) is 4.31. The van der Waals surface area contributed by atoms with Crippen molar-refractivity contribution in [3.63, 3.8) is 0 Å². The van der Waals surface area contributed by atoms with Gasteiger partial charge in [-0.3, -0.25) is 0 Å². The fourth-order valence-electron chi connectivity index (χ4n) is 1.74. The molecule has 104 valence electrons. The van der Waals surface area contributed by atoms with Gasteiger partial charge in [0.2, 0.25) is 0 Å². The quantitative estimate of drug-likeness (QED) is 0.930. The van der Waals surface area contributed by atoms with E-state index in [9.17, 15) is 13.6 Å². The second kappa shape index (κ2) is 5.69. The minimum atomic E-state index is -1.01. The SMILES string of the molecule is Cc1cc(C(=O)O)ccc1COc1ccc(F)cc1F. The molecule has 0 amide bonds. The third-order valence-corrected chi connectivity index (χ3v) is 2.87. The molecule has 0 spiro atoms. The molecule has 0 aromatic heterocycles. The van der Waals surface area contributed by atoms with Gasteiger partial charge in [-0.1, -0.05) is 6.07 Å². The zero-order valence-corrected chi connectivity index (χ0v) is 10.7. The lowest BCUT2D eigenvalue weighted by Crippen LogP contribution is -2.02.